The zero-order chi connectivity index (χ0) is 17.7. The van der Waals surface area contributed by atoms with Gasteiger partial charge in [-0.05, 0) is 52.3 Å². The highest BCUT2D eigenvalue weighted by atomic mass is 79.9. The summed E-state index contributed by atoms with van der Waals surface area (Å²) in [6.45, 7) is 1.40. The summed E-state index contributed by atoms with van der Waals surface area (Å²) in [5.41, 5.74) is 1.44. The fraction of sp³-hybridized carbons (Fsp3) is 0.176. The molecule has 2 N–H and O–H groups in total. The predicted molar refractivity (Wildman–Crippen MR) is 95.9 cm³/mol. The average Bonchev–Trinajstić information content (AvgIpc) is 2.55. The van der Waals surface area contributed by atoms with Gasteiger partial charge in [0.25, 0.3) is 5.91 Å². The van der Waals surface area contributed by atoms with Gasteiger partial charge in [-0.15, -0.1) is 0 Å². The fourth-order valence-corrected chi connectivity index (χ4v) is 2.50. The third-order valence-corrected chi connectivity index (χ3v) is 3.88. The van der Waals surface area contributed by atoms with E-state index < -0.39 is 0 Å². The lowest BCUT2D eigenvalue weighted by molar-refractivity contribution is -0.114. The molecule has 2 rings (SSSR count). The van der Waals surface area contributed by atoms with Crippen LogP contribution in [-0.4, -0.2) is 26.0 Å². The van der Waals surface area contributed by atoms with E-state index in [2.05, 4.69) is 26.6 Å². The van der Waals surface area contributed by atoms with E-state index in [1.807, 2.05) is 0 Å². The largest absolute Gasteiger partial charge is 0.497 e. The Morgan fingerprint density at radius 1 is 1.00 bits per heavy atom. The minimum absolute atomic E-state index is 0.229. The van der Waals surface area contributed by atoms with Gasteiger partial charge in [0, 0.05) is 17.1 Å². The Labute approximate surface area is 148 Å². The molecule has 2 aromatic rings. The normalized spacial score (nSPS) is 10.0. The summed E-state index contributed by atoms with van der Waals surface area (Å²) in [5.74, 6) is 0.551. The Balaban J connectivity index is 2.27. The average molecular weight is 393 g/mol. The molecule has 2 aromatic carbocycles. The second-order valence-corrected chi connectivity index (χ2v) is 5.75. The molecule has 6 nitrogen and oxygen atoms in total. The van der Waals surface area contributed by atoms with Crippen molar-refractivity contribution in [1.82, 2.24) is 0 Å². The number of halogens is 1. The molecule has 126 valence electrons. The number of anilines is 2. The van der Waals surface area contributed by atoms with Gasteiger partial charge >= 0.3 is 0 Å². The van der Waals surface area contributed by atoms with Crippen LogP contribution in [0.25, 0.3) is 0 Å². The van der Waals surface area contributed by atoms with Crippen LogP contribution in [-0.2, 0) is 4.79 Å². The number of hydrogen-bond acceptors (Lipinski definition) is 4. The summed E-state index contributed by atoms with van der Waals surface area (Å²) in [4.78, 5) is 23.8. The van der Waals surface area contributed by atoms with Gasteiger partial charge in [-0.3, -0.25) is 9.59 Å². The monoisotopic (exact) mass is 392 g/mol. The molecule has 0 aromatic heterocycles. The summed E-state index contributed by atoms with van der Waals surface area (Å²) < 4.78 is 11.0. The SMILES string of the molecule is COc1ccc(Br)c(C(=O)Nc2ccc(OC)c(NC(C)=O)c2)c1. The molecule has 0 unspecified atom stereocenters. The number of rotatable bonds is 5. The van der Waals surface area contributed by atoms with Crippen molar-refractivity contribution >= 4 is 39.1 Å². The quantitative estimate of drug-likeness (QED) is 0.813. The molecular formula is C17H17BrN2O4. The Morgan fingerprint density at radius 3 is 2.38 bits per heavy atom. The van der Waals surface area contributed by atoms with E-state index in [9.17, 15) is 9.59 Å². The zero-order valence-corrected chi connectivity index (χ0v) is 15.1. The van der Waals surface area contributed by atoms with Crippen molar-refractivity contribution in [2.75, 3.05) is 24.9 Å². The molecule has 0 atom stereocenters. The van der Waals surface area contributed by atoms with Crippen LogP contribution in [0, 0.1) is 0 Å². The van der Waals surface area contributed by atoms with Crippen molar-refractivity contribution in [1.29, 1.82) is 0 Å². The minimum atomic E-state index is -0.306. The minimum Gasteiger partial charge on any atom is -0.497 e. The molecule has 0 spiro atoms. The summed E-state index contributed by atoms with van der Waals surface area (Å²) in [6, 6.07) is 10.1. The molecule has 0 saturated heterocycles. The molecule has 0 aliphatic heterocycles. The number of nitrogens with one attached hydrogen (secondary N) is 2. The highest BCUT2D eigenvalue weighted by Gasteiger charge is 2.13. The number of methoxy groups -OCH3 is 2. The molecule has 24 heavy (non-hydrogen) atoms. The van der Waals surface area contributed by atoms with Crippen molar-refractivity contribution in [2.24, 2.45) is 0 Å². The molecule has 0 fully saturated rings. The smallest absolute Gasteiger partial charge is 0.256 e. The number of ether oxygens (including phenoxy) is 2. The third kappa shape index (κ3) is 4.26. The van der Waals surface area contributed by atoms with Crippen molar-refractivity contribution in [3.8, 4) is 11.5 Å². The zero-order valence-electron chi connectivity index (χ0n) is 13.5. The molecule has 0 saturated carbocycles. The lowest BCUT2D eigenvalue weighted by Crippen LogP contribution is -2.13. The number of hydrogen-bond donors (Lipinski definition) is 2. The molecule has 0 radical (unpaired) electrons. The molecule has 0 aliphatic carbocycles. The van der Waals surface area contributed by atoms with E-state index in [1.165, 1.54) is 21.1 Å². The predicted octanol–water partition coefficient (Wildman–Crippen LogP) is 3.68. The highest BCUT2D eigenvalue weighted by molar-refractivity contribution is 9.10. The van der Waals surface area contributed by atoms with Crippen LogP contribution in [0.5, 0.6) is 11.5 Å². The Hall–Kier alpha value is -2.54. The van der Waals surface area contributed by atoms with Crippen molar-refractivity contribution in [3.63, 3.8) is 0 Å². The van der Waals surface area contributed by atoms with E-state index in [-0.39, 0.29) is 11.8 Å². The van der Waals surface area contributed by atoms with Gasteiger partial charge in [-0.1, -0.05) is 0 Å². The van der Waals surface area contributed by atoms with Crippen LogP contribution < -0.4 is 20.1 Å². The van der Waals surface area contributed by atoms with Gasteiger partial charge in [0.05, 0.1) is 25.5 Å². The number of carbonyl (C=O) groups excluding carboxylic acids is 2. The molecule has 0 heterocycles. The molecule has 0 bridgehead atoms. The summed E-state index contributed by atoms with van der Waals surface area (Å²) >= 11 is 3.35. The number of benzene rings is 2. The van der Waals surface area contributed by atoms with Crippen molar-refractivity contribution < 1.29 is 19.1 Å². The third-order valence-electron chi connectivity index (χ3n) is 3.19. The van der Waals surface area contributed by atoms with Crippen LogP contribution >= 0.6 is 15.9 Å². The first-order valence-electron chi connectivity index (χ1n) is 7.05. The second kappa shape index (κ2) is 7.83. The highest BCUT2D eigenvalue weighted by Crippen LogP contribution is 2.29. The lowest BCUT2D eigenvalue weighted by Gasteiger charge is -2.13. The Bertz CT molecular complexity index is 777. The first-order chi connectivity index (χ1) is 11.4. The van der Waals surface area contributed by atoms with Gasteiger partial charge in [0.2, 0.25) is 5.91 Å². The van der Waals surface area contributed by atoms with E-state index in [4.69, 9.17) is 9.47 Å². The van der Waals surface area contributed by atoms with Gasteiger partial charge in [-0.2, -0.15) is 0 Å². The van der Waals surface area contributed by atoms with E-state index in [0.717, 1.165) is 0 Å². The Kier molecular flexibility index (Phi) is 5.81. The molecule has 0 aliphatic rings. The summed E-state index contributed by atoms with van der Waals surface area (Å²) in [7, 11) is 3.04. The fourth-order valence-electron chi connectivity index (χ4n) is 2.08. The van der Waals surface area contributed by atoms with Crippen molar-refractivity contribution in [2.45, 2.75) is 6.92 Å². The van der Waals surface area contributed by atoms with E-state index >= 15 is 0 Å². The maximum atomic E-state index is 12.5. The lowest BCUT2D eigenvalue weighted by atomic mass is 10.2. The van der Waals surface area contributed by atoms with Crippen LogP contribution in [0.2, 0.25) is 0 Å². The molecular weight excluding hydrogens is 376 g/mol. The molecule has 2 amide bonds. The number of carbonyl (C=O) groups is 2. The van der Waals surface area contributed by atoms with Gasteiger partial charge in [0.1, 0.15) is 11.5 Å². The van der Waals surface area contributed by atoms with E-state index in [1.54, 1.807) is 36.4 Å². The molecule has 7 heteroatoms. The summed E-state index contributed by atoms with van der Waals surface area (Å²) in [5, 5.41) is 5.45. The van der Waals surface area contributed by atoms with Crippen molar-refractivity contribution in [3.05, 3.63) is 46.4 Å². The Morgan fingerprint density at radius 2 is 1.75 bits per heavy atom. The second-order valence-electron chi connectivity index (χ2n) is 4.90. The number of amides is 2. The van der Waals surface area contributed by atoms with Crippen LogP contribution in [0.3, 0.4) is 0 Å². The van der Waals surface area contributed by atoms with Crippen LogP contribution in [0.4, 0.5) is 11.4 Å². The van der Waals surface area contributed by atoms with Gasteiger partial charge in [-0.25, -0.2) is 0 Å². The first kappa shape index (κ1) is 17.8. The topological polar surface area (TPSA) is 76.7 Å². The van der Waals surface area contributed by atoms with Gasteiger partial charge < -0.3 is 20.1 Å². The van der Waals surface area contributed by atoms with Gasteiger partial charge in [0.15, 0.2) is 0 Å². The standard InChI is InChI=1S/C17H17BrN2O4/c1-10(21)19-15-8-11(4-7-16(15)24-3)20-17(22)13-9-12(23-2)5-6-14(13)18/h4-9H,1-3H3,(H,19,21)(H,20,22). The van der Waals surface area contributed by atoms with E-state index in [0.29, 0.717) is 32.9 Å². The van der Waals surface area contributed by atoms with Crippen LogP contribution in [0.1, 0.15) is 17.3 Å². The maximum Gasteiger partial charge on any atom is 0.256 e. The summed E-state index contributed by atoms with van der Waals surface area (Å²) in [6.07, 6.45) is 0. The maximum absolute atomic E-state index is 12.5. The van der Waals surface area contributed by atoms with Crippen LogP contribution in [0.15, 0.2) is 40.9 Å². The first-order valence-corrected chi connectivity index (χ1v) is 7.84.